The van der Waals surface area contributed by atoms with Crippen molar-refractivity contribution in [2.24, 2.45) is 7.05 Å². The lowest BCUT2D eigenvalue weighted by atomic mass is 9.98. The predicted octanol–water partition coefficient (Wildman–Crippen LogP) is 3.71. The van der Waals surface area contributed by atoms with Gasteiger partial charge in [0.25, 0.3) is 5.92 Å². The number of amides is 1. The highest BCUT2D eigenvalue weighted by atomic mass is 19.3. The molecule has 31 heavy (non-hydrogen) atoms. The summed E-state index contributed by atoms with van der Waals surface area (Å²) in [5, 5.41) is 5.39. The van der Waals surface area contributed by atoms with E-state index in [1.54, 1.807) is 16.9 Å². The number of aromatic nitrogens is 3. The SMILES string of the molecule is [C-]#[N+][C@@H]1CC(F)(F)CN1C(=O)CCC(=O)c1ccncc1-c1nn(C)c2ccccc12. The Morgan fingerprint density at radius 3 is 2.81 bits per heavy atom. The van der Waals surface area contributed by atoms with Crippen molar-refractivity contribution in [2.45, 2.75) is 31.4 Å². The molecule has 0 spiro atoms. The van der Waals surface area contributed by atoms with E-state index in [4.69, 9.17) is 6.57 Å². The highest BCUT2D eigenvalue weighted by molar-refractivity contribution is 6.06. The first kappa shape index (κ1) is 20.6. The number of carbonyl (C=O) groups is 2. The Bertz CT molecular complexity index is 1210. The van der Waals surface area contributed by atoms with Crippen molar-refractivity contribution in [2.75, 3.05) is 6.54 Å². The summed E-state index contributed by atoms with van der Waals surface area (Å²) in [5.41, 5.74) is 2.41. The van der Waals surface area contributed by atoms with Crippen molar-refractivity contribution < 1.29 is 18.4 Å². The molecule has 7 nitrogen and oxygen atoms in total. The molecule has 4 rings (SSSR count). The number of hydrogen-bond donors (Lipinski definition) is 0. The van der Waals surface area contributed by atoms with E-state index in [-0.39, 0.29) is 18.6 Å². The minimum atomic E-state index is -3.08. The van der Waals surface area contributed by atoms with Crippen LogP contribution in [-0.4, -0.2) is 50.0 Å². The summed E-state index contributed by atoms with van der Waals surface area (Å²) < 4.78 is 28.9. The van der Waals surface area contributed by atoms with E-state index in [9.17, 15) is 18.4 Å². The van der Waals surface area contributed by atoms with Crippen LogP contribution in [0, 0.1) is 6.57 Å². The normalized spacial score (nSPS) is 17.6. The van der Waals surface area contributed by atoms with Gasteiger partial charge in [-0.25, -0.2) is 15.4 Å². The van der Waals surface area contributed by atoms with Crippen molar-refractivity contribution in [3.63, 3.8) is 0 Å². The van der Waals surface area contributed by atoms with Crippen molar-refractivity contribution in [1.29, 1.82) is 0 Å². The molecule has 0 saturated carbocycles. The molecule has 1 amide bonds. The second-order valence-corrected chi connectivity index (χ2v) is 7.53. The Hall–Kier alpha value is -3.67. The number of Topliss-reactive ketones (excluding diaryl/α,β-unsaturated/α-hetero) is 1. The summed E-state index contributed by atoms with van der Waals surface area (Å²) in [7, 11) is 1.81. The minimum absolute atomic E-state index is 0.159. The van der Waals surface area contributed by atoms with E-state index in [2.05, 4.69) is 14.9 Å². The first-order valence-electron chi connectivity index (χ1n) is 9.74. The lowest BCUT2D eigenvalue weighted by molar-refractivity contribution is -0.132. The third-order valence-corrected chi connectivity index (χ3v) is 5.41. The maximum Gasteiger partial charge on any atom is 0.306 e. The van der Waals surface area contributed by atoms with E-state index in [0.29, 0.717) is 16.8 Å². The maximum atomic E-state index is 13.6. The molecular formula is C22H19F2N5O2. The van der Waals surface area contributed by atoms with Gasteiger partial charge in [0.1, 0.15) is 12.1 Å². The molecule has 1 aromatic carbocycles. The van der Waals surface area contributed by atoms with E-state index < -0.39 is 31.0 Å². The van der Waals surface area contributed by atoms with Crippen molar-refractivity contribution >= 4 is 22.6 Å². The van der Waals surface area contributed by atoms with Gasteiger partial charge in [-0.05, 0) is 12.1 Å². The van der Waals surface area contributed by atoms with Crippen LogP contribution in [0.3, 0.4) is 0 Å². The second kappa shape index (κ2) is 7.87. The smallest absolute Gasteiger partial charge is 0.294 e. The number of nitrogens with zero attached hydrogens (tertiary/aromatic N) is 5. The number of hydrogen-bond acceptors (Lipinski definition) is 4. The molecular weight excluding hydrogens is 404 g/mol. The number of likely N-dealkylation sites (tertiary alicyclic amines) is 1. The lowest BCUT2D eigenvalue weighted by Crippen LogP contribution is -2.35. The van der Waals surface area contributed by atoms with E-state index in [0.717, 1.165) is 15.8 Å². The summed E-state index contributed by atoms with van der Waals surface area (Å²) in [4.78, 5) is 33.5. The standard InChI is InChI=1S/C22H19F2N5O2/c1-25-19-11-22(23,24)13-29(19)20(31)8-7-18(30)14-9-10-26-12-16(14)21-15-5-3-4-6-17(15)28(2)27-21/h3-6,9-10,12,19H,7-8,11,13H2,2H3/t19-/m0/s1. The number of pyridine rings is 1. The summed E-state index contributed by atoms with van der Waals surface area (Å²) in [6, 6.07) is 9.16. The molecule has 1 fully saturated rings. The van der Waals surface area contributed by atoms with Crippen LogP contribution in [0.25, 0.3) is 27.0 Å². The van der Waals surface area contributed by atoms with Gasteiger partial charge in [0.2, 0.25) is 5.91 Å². The number of rotatable bonds is 5. The van der Waals surface area contributed by atoms with Crippen LogP contribution < -0.4 is 0 Å². The molecule has 3 aromatic rings. The third-order valence-electron chi connectivity index (χ3n) is 5.41. The molecule has 0 N–H and O–H groups in total. The Kier molecular flexibility index (Phi) is 5.23. The van der Waals surface area contributed by atoms with Crippen LogP contribution in [-0.2, 0) is 11.8 Å². The average molecular weight is 423 g/mol. The number of fused-ring (bicyclic) bond motifs is 1. The molecule has 1 saturated heterocycles. The molecule has 0 unspecified atom stereocenters. The molecule has 3 heterocycles. The largest absolute Gasteiger partial charge is 0.306 e. The van der Waals surface area contributed by atoms with Crippen LogP contribution in [0.4, 0.5) is 8.78 Å². The molecule has 0 radical (unpaired) electrons. The Morgan fingerprint density at radius 2 is 2.03 bits per heavy atom. The highest BCUT2D eigenvalue weighted by Crippen LogP contribution is 2.34. The Balaban J connectivity index is 1.56. The Morgan fingerprint density at radius 1 is 1.26 bits per heavy atom. The molecule has 2 aromatic heterocycles. The number of ketones is 1. The van der Waals surface area contributed by atoms with E-state index in [1.807, 2.05) is 31.3 Å². The number of benzene rings is 1. The van der Waals surface area contributed by atoms with Gasteiger partial charge >= 0.3 is 6.17 Å². The lowest BCUT2D eigenvalue weighted by Gasteiger charge is -2.16. The van der Waals surface area contributed by atoms with Crippen LogP contribution in [0.15, 0.2) is 42.7 Å². The second-order valence-electron chi connectivity index (χ2n) is 7.53. The molecule has 0 bridgehead atoms. The monoisotopic (exact) mass is 423 g/mol. The van der Waals surface area contributed by atoms with Crippen LogP contribution in [0.1, 0.15) is 29.6 Å². The molecule has 158 valence electrons. The summed E-state index contributed by atoms with van der Waals surface area (Å²) >= 11 is 0. The van der Waals surface area contributed by atoms with Gasteiger partial charge < -0.3 is 0 Å². The zero-order chi connectivity index (χ0) is 22.2. The van der Waals surface area contributed by atoms with Crippen LogP contribution >= 0.6 is 0 Å². The van der Waals surface area contributed by atoms with Crippen molar-refractivity contribution in [3.05, 3.63) is 59.7 Å². The van der Waals surface area contributed by atoms with E-state index >= 15 is 0 Å². The fraction of sp³-hybridized carbons (Fsp3) is 0.318. The average Bonchev–Trinajstić information content (AvgIpc) is 3.28. The van der Waals surface area contributed by atoms with Gasteiger partial charge in [-0.15, -0.1) is 0 Å². The number of aryl methyl sites for hydroxylation is 1. The van der Waals surface area contributed by atoms with Gasteiger partial charge in [-0.3, -0.25) is 29.0 Å². The van der Waals surface area contributed by atoms with E-state index in [1.165, 1.54) is 6.20 Å². The van der Waals surface area contributed by atoms with Gasteiger partial charge in [0, 0.05) is 48.8 Å². The van der Waals surface area contributed by atoms with Crippen LogP contribution in [0.2, 0.25) is 0 Å². The maximum absolute atomic E-state index is 13.6. The summed E-state index contributed by atoms with van der Waals surface area (Å²) in [5.74, 6) is -4.01. The fourth-order valence-corrected chi connectivity index (χ4v) is 3.90. The number of para-hydroxylation sites is 1. The highest BCUT2D eigenvalue weighted by Gasteiger charge is 2.50. The first-order valence-corrected chi connectivity index (χ1v) is 9.74. The Labute approximate surface area is 177 Å². The van der Waals surface area contributed by atoms with Gasteiger partial charge in [0.15, 0.2) is 5.78 Å². The zero-order valence-corrected chi connectivity index (χ0v) is 16.8. The predicted molar refractivity (Wildman–Crippen MR) is 109 cm³/mol. The summed E-state index contributed by atoms with van der Waals surface area (Å²) in [6.07, 6.45) is 0.782. The summed E-state index contributed by atoms with van der Waals surface area (Å²) in [6.45, 7) is 6.27. The topological polar surface area (TPSA) is 72.5 Å². The fourth-order valence-electron chi connectivity index (χ4n) is 3.90. The number of carbonyl (C=O) groups excluding carboxylic acids is 2. The van der Waals surface area contributed by atoms with Gasteiger partial charge in [-0.2, -0.15) is 5.10 Å². The van der Waals surface area contributed by atoms with Gasteiger partial charge in [0.05, 0.1) is 12.1 Å². The first-order chi connectivity index (χ1) is 14.8. The molecule has 1 aliphatic rings. The quantitative estimate of drug-likeness (QED) is 0.463. The van der Waals surface area contributed by atoms with Crippen molar-refractivity contribution in [1.82, 2.24) is 19.7 Å². The molecule has 0 aliphatic carbocycles. The van der Waals surface area contributed by atoms with Crippen molar-refractivity contribution in [3.8, 4) is 11.3 Å². The molecule has 9 heteroatoms. The van der Waals surface area contributed by atoms with Gasteiger partial charge in [-0.1, -0.05) is 18.2 Å². The van der Waals surface area contributed by atoms with Crippen LogP contribution in [0.5, 0.6) is 0 Å². The number of alkyl halides is 2. The molecule has 1 aliphatic heterocycles. The number of halogens is 2. The minimum Gasteiger partial charge on any atom is -0.294 e. The molecule has 1 atom stereocenters. The zero-order valence-electron chi connectivity index (χ0n) is 16.8. The third kappa shape index (κ3) is 3.89.